The number of aryl methyl sites for hydroxylation is 1. The third-order valence-corrected chi connectivity index (χ3v) is 4.05. The molecule has 20 heavy (non-hydrogen) atoms. The van der Waals surface area contributed by atoms with Gasteiger partial charge in [-0.2, -0.15) is 0 Å². The summed E-state index contributed by atoms with van der Waals surface area (Å²) in [7, 11) is 1.97. The van der Waals surface area contributed by atoms with E-state index in [4.69, 9.17) is 11.6 Å². The van der Waals surface area contributed by atoms with Gasteiger partial charge >= 0.3 is 0 Å². The summed E-state index contributed by atoms with van der Waals surface area (Å²) in [4.78, 5) is 14.7. The number of rotatable bonds is 5. The van der Waals surface area contributed by atoms with E-state index in [9.17, 15) is 4.79 Å². The lowest BCUT2D eigenvalue weighted by atomic mass is 9.98. The summed E-state index contributed by atoms with van der Waals surface area (Å²) in [5.41, 5.74) is 0.724. The molecule has 1 N–H and O–H groups in total. The molecule has 1 atom stereocenters. The van der Waals surface area contributed by atoms with Crippen molar-refractivity contribution in [2.45, 2.75) is 32.7 Å². The van der Waals surface area contributed by atoms with Gasteiger partial charge in [-0.1, -0.05) is 18.5 Å². The van der Waals surface area contributed by atoms with Crippen LogP contribution in [0.15, 0.2) is 12.3 Å². The molecule has 0 aliphatic carbocycles. The number of aromatic nitrogens is 1. The fourth-order valence-electron chi connectivity index (χ4n) is 2.95. The Morgan fingerprint density at radius 1 is 1.55 bits per heavy atom. The van der Waals surface area contributed by atoms with E-state index in [1.165, 1.54) is 6.42 Å². The lowest BCUT2D eigenvalue weighted by Crippen LogP contribution is -2.43. The van der Waals surface area contributed by atoms with E-state index in [-0.39, 0.29) is 5.91 Å². The highest BCUT2D eigenvalue weighted by Gasteiger charge is 2.26. The Labute approximate surface area is 126 Å². The molecule has 1 aliphatic heterocycles. The summed E-state index contributed by atoms with van der Waals surface area (Å²) in [6.45, 7) is 5.61. The average Bonchev–Trinajstić information content (AvgIpc) is 2.80. The third kappa shape index (κ3) is 3.55. The Kier molecular flexibility index (Phi) is 5.49. The quantitative estimate of drug-likeness (QED) is 0.907. The number of halogens is 1. The highest BCUT2D eigenvalue weighted by Crippen LogP contribution is 2.21. The molecule has 0 radical (unpaired) electrons. The number of carbonyl (C=O) groups is 1. The van der Waals surface area contributed by atoms with Crippen LogP contribution >= 0.6 is 11.6 Å². The number of hydrogen-bond acceptors (Lipinski definition) is 2. The Morgan fingerprint density at radius 3 is 3.05 bits per heavy atom. The van der Waals surface area contributed by atoms with Crippen molar-refractivity contribution in [1.29, 1.82) is 0 Å². The minimum atomic E-state index is 0.117. The summed E-state index contributed by atoms with van der Waals surface area (Å²) in [6.07, 6.45) is 5.13. The Bertz CT molecular complexity index is 456. The highest BCUT2D eigenvalue weighted by molar-refractivity contribution is 6.31. The predicted molar refractivity (Wildman–Crippen MR) is 82.3 cm³/mol. The van der Waals surface area contributed by atoms with Gasteiger partial charge in [0.15, 0.2) is 0 Å². The number of piperidine rings is 1. The Morgan fingerprint density at radius 2 is 2.35 bits per heavy atom. The van der Waals surface area contributed by atoms with Crippen molar-refractivity contribution in [2.75, 3.05) is 26.7 Å². The maximum Gasteiger partial charge on any atom is 0.270 e. The summed E-state index contributed by atoms with van der Waals surface area (Å²) in [5, 5.41) is 3.85. The second-order valence-electron chi connectivity index (χ2n) is 5.55. The Hall–Kier alpha value is -1.00. The van der Waals surface area contributed by atoms with Gasteiger partial charge < -0.3 is 14.8 Å². The Balaban J connectivity index is 2.10. The molecule has 0 saturated carbocycles. The monoisotopic (exact) mass is 297 g/mol. The number of nitrogens with zero attached hydrogens (tertiary/aromatic N) is 2. The average molecular weight is 298 g/mol. The van der Waals surface area contributed by atoms with E-state index in [1.807, 2.05) is 22.7 Å². The molecular formula is C15H24ClN3O. The van der Waals surface area contributed by atoms with Crippen LogP contribution in [-0.4, -0.2) is 42.1 Å². The van der Waals surface area contributed by atoms with E-state index >= 15 is 0 Å². The molecule has 112 valence electrons. The minimum Gasteiger partial charge on any atom is -0.342 e. The van der Waals surface area contributed by atoms with Crippen molar-refractivity contribution < 1.29 is 4.79 Å². The zero-order chi connectivity index (χ0) is 14.5. The predicted octanol–water partition coefficient (Wildman–Crippen LogP) is 2.62. The van der Waals surface area contributed by atoms with E-state index in [1.54, 1.807) is 6.07 Å². The molecule has 1 fully saturated rings. The first-order valence-electron chi connectivity index (χ1n) is 7.45. The summed E-state index contributed by atoms with van der Waals surface area (Å²) in [5.74, 6) is 0.675. The largest absolute Gasteiger partial charge is 0.342 e. The highest BCUT2D eigenvalue weighted by atomic mass is 35.5. The van der Waals surface area contributed by atoms with Gasteiger partial charge in [0.25, 0.3) is 5.91 Å². The van der Waals surface area contributed by atoms with Crippen LogP contribution in [-0.2, 0) is 6.54 Å². The number of likely N-dealkylation sites (tertiary alicyclic amines) is 1. The molecule has 1 saturated heterocycles. The smallest absolute Gasteiger partial charge is 0.270 e. The molecule has 1 aromatic heterocycles. The molecule has 0 bridgehead atoms. The van der Waals surface area contributed by atoms with Crippen LogP contribution in [0.25, 0.3) is 0 Å². The standard InChI is InChI=1S/C15H24ClN3O/c1-3-6-18-11-13(16)8-14(18)15(20)19-7-4-5-12(10-19)9-17-2/h8,11-12,17H,3-7,9-10H2,1-2H3. The van der Waals surface area contributed by atoms with Gasteiger partial charge in [0.2, 0.25) is 0 Å². The second kappa shape index (κ2) is 7.14. The summed E-state index contributed by atoms with van der Waals surface area (Å²) < 4.78 is 1.98. The number of carbonyl (C=O) groups excluding carboxylic acids is 1. The molecule has 1 amide bonds. The zero-order valence-corrected chi connectivity index (χ0v) is 13.1. The SMILES string of the molecule is CCCn1cc(Cl)cc1C(=O)N1CCCC(CNC)C1. The van der Waals surface area contributed by atoms with Crippen LogP contribution in [0.1, 0.15) is 36.7 Å². The number of amides is 1. The van der Waals surface area contributed by atoms with E-state index in [0.717, 1.165) is 44.7 Å². The lowest BCUT2D eigenvalue weighted by Gasteiger charge is -2.33. The van der Waals surface area contributed by atoms with Crippen LogP contribution in [0.3, 0.4) is 0 Å². The molecule has 2 rings (SSSR count). The molecule has 1 aromatic rings. The maximum atomic E-state index is 12.7. The molecule has 1 unspecified atom stereocenters. The van der Waals surface area contributed by atoms with Crippen molar-refractivity contribution in [2.24, 2.45) is 5.92 Å². The van der Waals surface area contributed by atoms with Crippen LogP contribution in [0.2, 0.25) is 5.02 Å². The topological polar surface area (TPSA) is 37.3 Å². The lowest BCUT2D eigenvalue weighted by molar-refractivity contribution is 0.0663. The van der Waals surface area contributed by atoms with E-state index < -0.39 is 0 Å². The van der Waals surface area contributed by atoms with Crippen LogP contribution in [0, 0.1) is 5.92 Å². The third-order valence-electron chi connectivity index (χ3n) is 3.85. The van der Waals surface area contributed by atoms with E-state index in [2.05, 4.69) is 12.2 Å². The first-order chi connectivity index (χ1) is 9.65. The fraction of sp³-hybridized carbons (Fsp3) is 0.667. The minimum absolute atomic E-state index is 0.117. The molecule has 2 heterocycles. The molecule has 0 aromatic carbocycles. The summed E-state index contributed by atoms with van der Waals surface area (Å²) in [6, 6.07) is 1.79. The number of hydrogen-bond donors (Lipinski definition) is 1. The molecule has 0 spiro atoms. The van der Waals surface area contributed by atoms with Crippen molar-refractivity contribution in [3.05, 3.63) is 23.0 Å². The van der Waals surface area contributed by atoms with Gasteiger partial charge in [-0.15, -0.1) is 0 Å². The van der Waals surface area contributed by atoms with Crippen molar-refractivity contribution >= 4 is 17.5 Å². The van der Waals surface area contributed by atoms with Crippen LogP contribution in [0.4, 0.5) is 0 Å². The van der Waals surface area contributed by atoms with Gasteiger partial charge in [0, 0.05) is 25.8 Å². The summed E-state index contributed by atoms with van der Waals surface area (Å²) >= 11 is 6.06. The van der Waals surface area contributed by atoms with Gasteiger partial charge in [-0.05, 0) is 44.8 Å². The van der Waals surface area contributed by atoms with E-state index in [0.29, 0.717) is 10.9 Å². The normalized spacial score (nSPS) is 19.4. The van der Waals surface area contributed by atoms with Gasteiger partial charge in [0.05, 0.1) is 5.02 Å². The maximum absolute atomic E-state index is 12.7. The van der Waals surface area contributed by atoms with Crippen molar-refractivity contribution in [3.8, 4) is 0 Å². The fourth-order valence-corrected chi connectivity index (χ4v) is 3.17. The van der Waals surface area contributed by atoms with Gasteiger partial charge in [0.1, 0.15) is 5.69 Å². The first kappa shape index (κ1) is 15.4. The first-order valence-corrected chi connectivity index (χ1v) is 7.83. The van der Waals surface area contributed by atoms with Crippen LogP contribution < -0.4 is 5.32 Å². The molecule has 1 aliphatic rings. The molecule has 4 nitrogen and oxygen atoms in total. The zero-order valence-electron chi connectivity index (χ0n) is 12.4. The van der Waals surface area contributed by atoms with Crippen molar-refractivity contribution in [3.63, 3.8) is 0 Å². The second-order valence-corrected chi connectivity index (χ2v) is 5.99. The van der Waals surface area contributed by atoms with Crippen molar-refractivity contribution in [1.82, 2.24) is 14.8 Å². The van der Waals surface area contributed by atoms with Gasteiger partial charge in [-0.3, -0.25) is 4.79 Å². The van der Waals surface area contributed by atoms with Crippen LogP contribution in [0.5, 0.6) is 0 Å². The number of nitrogens with one attached hydrogen (secondary N) is 1. The molecular weight excluding hydrogens is 274 g/mol. The molecule has 5 heteroatoms. The van der Waals surface area contributed by atoms with Gasteiger partial charge in [-0.25, -0.2) is 0 Å².